The zero-order chi connectivity index (χ0) is 27.2. The highest BCUT2D eigenvalue weighted by atomic mass is 16.6. The Morgan fingerprint density at radius 1 is 1.11 bits per heavy atom. The van der Waals surface area contributed by atoms with Crippen LogP contribution in [0.4, 0.5) is 4.79 Å². The van der Waals surface area contributed by atoms with E-state index in [1.807, 2.05) is 45.1 Å². The fourth-order valence-corrected chi connectivity index (χ4v) is 4.17. The maximum Gasteiger partial charge on any atom is 0.407 e. The molecule has 0 atom stereocenters. The summed E-state index contributed by atoms with van der Waals surface area (Å²) in [4.78, 5) is 28.5. The van der Waals surface area contributed by atoms with Crippen LogP contribution in [-0.2, 0) is 22.5 Å². The number of pyridine rings is 1. The molecule has 0 radical (unpaired) electrons. The molecule has 196 valence electrons. The Bertz CT molecular complexity index is 1290. The van der Waals surface area contributed by atoms with Crippen molar-refractivity contribution in [1.29, 1.82) is 0 Å². The van der Waals surface area contributed by atoms with E-state index in [1.54, 1.807) is 0 Å². The Labute approximate surface area is 219 Å². The number of amides is 1. The van der Waals surface area contributed by atoms with Crippen molar-refractivity contribution in [3.63, 3.8) is 0 Å². The van der Waals surface area contributed by atoms with Crippen LogP contribution >= 0.6 is 0 Å². The van der Waals surface area contributed by atoms with Crippen LogP contribution in [0, 0.1) is 12.8 Å². The highest BCUT2D eigenvalue weighted by Crippen LogP contribution is 2.35. The van der Waals surface area contributed by atoms with Gasteiger partial charge in [-0.05, 0) is 75.3 Å². The molecule has 0 spiro atoms. The van der Waals surface area contributed by atoms with Gasteiger partial charge in [0, 0.05) is 29.6 Å². The van der Waals surface area contributed by atoms with Crippen LogP contribution in [0.1, 0.15) is 69.8 Å². The number of carbonyl (C=O) groups excluding carboxylic acids is 1. The first-order valence-electron chi connectivity index (χ1n) is 12.8. The number of carbonyl (C=O) groups is 2. The van der Waals surface area contributed by atoms with E-state index in [2.05, 4.69) is 56.4 Å². The smallest absolute Gasteiger partial charge is 0.407 e. The normalized spacial score (nSPS) is 11.9. The van der Waals surface area contributed by atoms with Gasteiger partial charge in [-0.2, -0.15) is 0 Å². The number of aryl methyl sites for hydroxylation is 1. The van der Waals surface area contributed by atoms with Gasteiger partial charge in [0.2, 0.25) is 0 Å². The van der Waals surface area contributed by atoms with Gasteiger partial charge < -0.3 is 15.2 Å². The lowest BCUT2D eigenvalue weighted by molar-refractivity contribution is -0.136. The molecule has 1 heterocycles. The third-order valence-electron chi connectivity index (χ3n) is 5.78. The number of fused-ring (bicyclic) bond motifs is 1. The van der Waals surface area contributed by atoms with E-state index >= 15 is 0 Å². The van der Waals surface area contributed by atoms with Crippen molar-refractivity contribution in [1.82, 2.24) is 10.3 Å². The van der Waals surface area contributed by atoms with E-state index < -0.39 is 17.7 Å². The van der Waals surface area contributed by atoms with Crippen LogP contribution in [-0.4, -0.2) is 27.8 Å². The first-order valence-corrected chi connectivity index (χ1v) is 12.8. The number of nitrogens with one attached hydrogen (secondary N) is 1. The van der Waals surface area contributed by atoms with Gasteiger partial charge in [-0.25, -0.2) is 4.79 Å². The molecule has 1 aromatic heterocycles. The van der Waals surface area contributed by atoms with Crippen molar-refractivity contribution < 1.29 is 19.4 Å². The minimum absolute atomic E-state index is 0.0965. The molecule has 0 aliphatic heterocycles. The second-order valence-corrected chi connectivity index (χ2v) is 10.8. The van der Waals surface area contributed by atoms with Crippen LogP contribution < -0.4 is 5.32 Å². The number of carboxylic acid groups (broad SMARTS) is 1. The lowest BCUT2D eigenvalue weighted by Gasteiger charge is -2.22. The Morgan fingerprint density at radius 3 is 2.43 bits per heavy atom. The van der Waals surface area contributed by atoms with Gasteiger partial charge in [0.25, 0.3) is 0 Å². The minimum Gasteiger partial charge on any atom is -0.481 e. The molecule has 1 amide bonds. The summed E-state index contributed by atoms with van der Waals surface area (Å²) in [5, 5.41) is 12.9. The predicted molar refractivity (Wildman–Crippen MR) is 149 cm³/mol. The van der Waals surface area contributed by atoms with Crippen molar-refractivity contribution in [2.75, 3.05) is 0 Å². The van der Waals surface area contributed by atoms with Crippen LogP contribution in [0.2, 0.25) is 0 Å². The average molecular weight is 503 g/mol. The molecule has 0 aliphatic carbocycles. The number of benzene rings is 2. The van der Waals surface area contributed by atoms with Gasteiger partial charge in [0.05, 0.1) is 5.52 Å². The number of aliphatic carboxylic acids is 1. The molecule has 2 aromatic carbocycles. The number of alkyl carbamates (subject to hydrolysis) is 1. The molecule has 0 saturated heterocycles. The standard InChI is InChI=1S/C31H38N2O4/c1-20(2)17-27-25(19-32-30(36)37-31(4,5)6)29(23-14-11-21(3)12-15-23)24-18-22(13-16-26(24)33-27)9-7-8-10-28(34)35/h7,9,11-16,18,20H,8,10,17,19H2,1-6H3,(H,32,36)(H,34,35). The number of carboxylic acids is 1. The van der Waals surface area contributed by atoms with E-state index in [4.69, 9.17) is 14.8 Å². The Balaban J connectivity index is 2.16. The van der Waals surface area contributed by atoms with E-state index in [9.17, 15) is 9.59 Å². The summed E-state index contributed by atoms with van der Waals surface area (Å²) in [5.41, 5.74) is 6.45. The zero-order valence-electron chi connectivity index (χ0n) is 22.7. The minimum atomic E-state index is -0.811. The average Bonchev–Trinajstić information content (AvgIpc) is 2.79. The third-order valence-corrected chi connectivity index (χ3v) is 5.78. The number of hydrogen-bond donors (Lipinski definition) is 2. The number of aromatic nitrogens is 1. The summed E-state index contributed by atoms with van der Waals surface area (Å²) < 4.78 is 5.50. The zero-order valence-corrected chi connectivity index (χ0v) is 22.7. The van der Waals surface area contributed by atoms with Gasteiger partial charge in [-0.15, -0.1) is 0 Å². The van der Waals surface area contributed by atoms with E-state index in [0.29, 0.717) is 18.9 Å². The first-order chi connectivity index (χ1) is 17.4. The molecule has 2 N–H and O–H groups in total. The van der Waals surface area contributed by atoms with Gasteiger partial charge in [0.1, 0.15) is 5.60 Å². The number of hydrogen-bond acceptors (Lipinski definition) is 4. The lowest BCUT2D eigenvalue weighted by atomic mass is 9.90. The quantitative estimate of drug-likeness (QED) is 0.320. The van der Waals surface area contributed by atoms with Crippen LogP contribution in [0.3, 0.4) is 0 Å². The van der Waals surface area contributed by atoms with Gasteiger partial charge >= 0.3 is 12.1 Å². The fraction of sp³-hybridized carbons (Fsp3) is 0.387. The molecule has 37 heavy (non-hydrogen) atoms. The summed E-state index contributed by atoms with van der Waals surface area (Å²) in [7, 11) is 0. The van der Waals surface area contributed by atoms with Crippen molar-refractivity contribution in [3.05, 3.63) is 70.9 Å². The van der Waals surface area contributed by atoms with Crippen LogP contribution in [0.15, 0.2) is 48.5 Å². The summed E-state index contributed by atoms with van der Waals surface area (Å²) >= 11 is 0. The SMILES string of the molecule is Cc1ccc(-c2c(CNC(=O)OC(C)(C)C)c(CC(C)C)nc3ccc(C=CCCC(=O)O)cc23)cc1. The number of ether oxygens (including phenoxy) is 1. The Morgan fingerprint density at radius 2 is 1.81 bits per heavy atom. The molecule has 0 fully saturated rings. The topological polar surface area (TPSA) is 88.5 Å². The number of allylic oxidation sites excluding steroid dienone is 1. The van der Waals surface area contributed by atoms with E-state index in [-0.39, 0.29) is 6.42 Å². The summed E-state index contributed by atoms with van der Waals surface area (Å²) in [6.07, 6.45) is 4.70. The Hall–Kier alpha value is -3.67. The fourth-order valence-electron chi connectivity index (χ4n) is 4.17. The van der Waals surface area contributed by atoms with E-state index in [1.165, 1.54) is 5.56 Å². The second-order valence-electron chi connectivity index (χ2n) is 10.8. The monoisotopic (exact) mass is 502 g/mol. The molecule has 0 bridgehead atoms. The van der Waals surface area contributed by atoms with Gasteiger partial charge in [-0.3, -0.25) is 9.78 Å². The van der Waals surface area contributed by atoms with Gasteiger partial charge in [0.15, 0.2) is 0 Å². The number of nitrogens with zero attached hydrogens (tertiary/aromatic N) is 1. The second kappa shape index (κ2) is 12.0. The van der Waals surface area contributed by atoms with Crippen molar-refractivity contribution in [2.45, 2.75) is 73.0 Å². The van der Waals surface area contributed by atoms with E-state index in [0.717, 1.165) is 45.3 Å². The highest BCUT2D eigenvalue weighted by molar-refractivity contribution is 5.98. The molecular weight excluding hydrogens is 464 g/mol. The highest BCUT2D eigenvalue weighted by Gasteiger charge is 2.21. The van der Waals surface area contributed by atoms with Crippen molar-refractivity contribution >= 4 is 29.0 Å². The molecule has 3 rings (SSSR count). The first kappa shape index (κ1) is 27.9. The number of rotatable bonds is 9. The van der Waals surface area contributed by atoms with Crippen LogP contribution in [0.5, 0.6) is 0 Å². The largest absolute Gasteiger partial charge is 0.481 e. The van der Waals surface area contributed by atoms with Crippen molar-refractivity contribution in [2.24, 2.45) is 5.92 Å². The van der Waals surface area contributed by atoms with Crippen molar-refractivity contribution in [3.8, 4) is 11.1 Å². The summed E-state index contributed by atoms with van der Waals surface area (Å²) in [6, 6.07) is 14.5. The Kier molecular flexibility index (Phi) is 9.09. The molecular formula is C31H38N2O4. The summed E-state index contributed by atoms with van der Waals surface area (Å²) in [5.74, 6) is -0.429. The van der Waals surface area contributed by atoms with Crippen LogP contribution in [0.25, 0.3) is 28.1 Å². The molecule has 6 nitrogen and oxygen atoms in total. The molecule has 6 heteroatoms. The lowest BCUT2D eigenvalue weighted by Crippen LogP contribution is -2.32. The predicted octanol–water partition coefficient (Wildman–Crippen LogP) is 7.31. The molecule has 3 aromatic rings. The maximum absolute atomic E-state index is 12.6. The van der Waals surface area contributed by atoms with Gasteiger partial charge in [-0.1, -0.05) is 61.9 Å². The third kappa shape index (κ3) is 8.17. The summed E-state index contributed by atoms with van der Waals surface area (Å²) in [6.45, 7) is 12.2. The molecule has 0 unspecified atom stereocenters. The molecule has 0 saturated carbocycles. The maximum atomic E-state index is 12.6. The molecule has 0 aliphatic rings.